The SMILES string of the molecule is CNCCOc1ccccc1N1N=C(c2ccccc2)OCC1=O. The fourth-order valence-electron chi connectivity index (χ4n) is 2.29. The van der Waals surface area contributed by atoms with Gasteiger partial charge in [0.05, 0.1) is 0 Å². The molecule has 0 fully saturated rings. The molecule has 0 unspecified atom stereocenters. The molecule has 0 saturated heterocycles. The monoisotopic (exact) mass is 325 g/mol. The summed E-state index contributed by atoms with van der Waals surface area (Å²) in [5.74, 6) is 0.790. The van der Waals surface area contributed by atoms with Crippen LogP contribution in [0.4, 0.5) is 5.69 Å². The van der Waals surface area contributed by atoms with Crippen molar-refractivity contribution < 1.29 is 14.3 Å². The average molecular weight is 325 g/mol. The number of rotatable bonds is 6. The lowest BCUT2D eigenvalue weighted by atomic mass is 10.2. The Balaban J connectivity index is 1.91. The van der Waals surface area contributed by atoms with Crippen LogP contribution in [-0.4, -0.2) is 38.6 Å². The van der Waals surface area contributed by atoms with Gasteiger partial charge < -0.3 is 14.8 Å². The van der Waals surface area contributed by atoms with Gasteiger partial charge in [0, 0.05) is 12.1 Å². The van der Waals surface area contributed by atoms with Crippen molar-refractivity contribution in [2.75, 3.05) is 31.8 Å². The van der Waals surface area contributed by atoms with Crippen molar-refractivity contribution in [1.82, 2.24) is 5.32 Å². The number of hydrogen-bond donors (Lipinski definition) is 1. The molecule has 1 heterocycles. The standard InChI is InChI=1S/C18H19N3O3/c1-19-11-12-23-16-10-6-5-9-15(16)21-17(22)13-24-18(20-21)14-7-3-2-4-8-14/h2-10,19H,11-13H2,1H3. The number of hydrazone groups is 1. The number of ether oxygens (including phenoxy) is 2. The lowest BCUT2D eigenvalue weighted by Gasteiger charge is -2.25. The minimum atomic E-state index is -0.237. The van der Waals surface area contributed by atoms with Gasteiger partial charge in [0.1, 0.15) is 18.0 Å². The van der Waals surface area contributed by atoms with Crippen LogP contribution in [-0.2, 0) is 9.53 Å². The Morgan fingerprint density at radius 3 is 2.71 bits per heavy atom. The second kappa shape index (κ2) is 7.61. The Bertz CT molecular complexity index is 731. The van der Waals surface area contributed by atoms with Crippen molar-refractivity contribution in [2.24, 2.45) is 5.10 Å². The topological polar surface area (TPSA) is 63.2 Å². The summed E-state index contributed by atoms with van der Waals surface area (Å²) in [7, 11) is 1.86. The molecule has 24 heavy (non-hydrogen) atoms. The summed E-state index contributed by atoms with van der Waals surface area (Å²) in [5, 5.41) is 8.74. The van der Waals surface area contributed by atoms with Gasteiger partial charge in [0.25, 0.3) is 5.91 Å². The van der Waals surface area contributed by atoms with E-state index in [-0.39, 0.29) is 12.5 Å². The molecule has 1 aliphatic rings. The number of amides is 1. The molecule has 6 heteroatoms. The predicted octanol–water partition coefficient (Wildman–Crippen LogP) is 2.01. The van der Waals surface area contributed by atoms with E-state index in [4.69, 9.17) is 9.47 Å². The first-order chi connectivity index (χ1) is 11.8. The van der Waals surface area contributed by atoms with E-state index in [0.29, 0.717) is 30.5 Å². The number of likely N-dealkylation sites (N-methyl/N-ethyl adjacent to an activating group) is 1. The van der Waals surface area contributed by atoms with E-state index >= 15 is 0 Å². The minimum Gasteiger partial charge on any atom is -0.490 e. The van der Waals surface area contributed by atoms with Gasteiger partial charge in [-0.05, 0) is 31.3 Å². The van der Waals surface area contributed by atoms with Gasteiger partial charge in [-0.25, -0.2) is 0 Å². The molecule has 0 atom stereocenters. The highest BCUT2D eigenvalue weighted by molar-refractivity contribution is 6.04. The predicted molar refractivity (Wildman–Crippen MR) is 92.3 cm³/mol. The van der Waals surface area contributed by atoms with E-state index < -0.39 is 0 Å². The van der Waals surface area contributed by atoms with Gasteiger partial charge in [-0.1, -0.05) is 30.3 Å². The smallest absolute Gasteiger partial charge is 0.285 e. The van der Waals surface area contributed by atoms with Crippen molar-refractivity contribution in [3.8, 4) is 5.75 Å². The first-order valence-electron chi connectivity index (χ1n) is 7.76. The van der Waals surface area contributed by atoms with Crippen LogP contribution < -0.4 is 15.1 Å². The molecule has 0 aliphatic carbocycles. The van der Waals surface area contributed by atoms with Gasteiger partial charge in [-0.15, -0.1) is 5.10 Å². The molecular weight excluding hydrogens is 306 g/mol. The Labute approximate surface area is 140 Å². The van der Waals surface area contributed by atoms with Gasteiger partial charge >= 0.3 is 0 Å². The molecule has 6 nitrogen and oxygen atoms in total. The summed E-state index contributed by atoms with van der Waals surface area (Å²) in [6.07, 6.45) is 0. The van der Waals surface area contributed by atoms with Crippen LogP contribution in [0.5, 0.6) is 5.75 Å². The van der Waals surface area contributed by atoms with E-state index in [1.54, 1.807) is 0 Å². The second-order valence-corrected chi connectivity index (χ2v) is 5.19. The average Bonchev–Trinajstić information content (AvgIpc) is 2.64. The number of benzene rings is 2. The van der Waals surface area contributed by atoms with Crippen LogP contribution >= 0.6 is 0 Å². The lowest BCUT2D eigenvalue weighted by Crippen LogP contribution is -2.37. The highest BCUT2D eigenvalue weighted by Crippen LogP contribution is 2.30. The van der Waals surface area contributed by atoms with Crippen molar-refractivity contribution >= 4 is 17.5 Å². The quantitative estimate of drug-likeness (QED) is 0.825. The van der Waals surface area contributed by atoms with Crippen molar-refractivity contribution in [2.45, 2.75) is 0 Å². The molecule has 124 valence electrons. The molecule has 0 saturated carbocycles. The number of carbonyl (C=O) groups is 1. The third-order valence-electron chi connectivity index (χ3n) is 3.48. The van der Waals surface area contributed by atoms with E-state index in [0.717, 1.165) is 5.56 Å². The molecule has 2 aromatic carbocycles. The molecular formula is C18H19N3O3. The van der Waals surface area contributed by atoms with Crippen molar-refractivity contribution in [1.29, 1.82) is 0 Å². The van der Waals surface area contributed by atoms with E-state index in [9.17, 15) is 4.79 Å². The normalized spacial score (nSPS) is 14.1. The first-order valence-corrected chi connectivity index (χ1v) is 7.76. The Kier molecular flexibility index (Phi) is 5.08. The highest BCUT2D eigenvalue weighted by atomic mass is 16.5. The summed E-state index contributed by atoms with van der Waals surface area (Å²) in [6, 6.07) is 16.8. The summed E-state index contributed by atoms with van der Waals surface area (Å²) >= 11 is 0. The zero-order chi connectivity index (χ0) is 16.8. The van der Waals surface area contributed by atoms with Crippen LogP contribution in [0.2, 0.25) is 0 Å². The van der Waals surface area contributed by atoms with Gasteiger partial charge in [-0.2, -0.15) is 5.01 Å². The van der Waals surface area contributed by atoms with Crippen LogP contribution in [0.3, 0.4) is 0 Å². The minimum absolute atomic E-state index is 0.0570. The maximum absolute atomic E-state index is 12.3. The Hall–Kier alpha value is -2.86. The highest BCUT2D eigenvalue weighted by Gasteiger charge is 2.26. The Morgan fingerprint density at radius 2 is 1.92 bits per heavy atom. The summed E-state index contributed by atoms with van der Waals surface area (Å²) < 4.78 is 11.2. The van der Waals surface area contributed by atoms with Crippen LogP contribution in [0.1, 0.15) is 5.56 Å². The molecule has 1 N–H and O–H groups in total. The van der Waals surface area contributed by atoms with Crippen LogP contribution in [0.15, 0.2) is 59.7 Å². The van der Waals surface area contributed by atoms with Crippen molar-refractivity contribution in [3.05, 3.63) is 60.2 Å². The zero-order valence-corrected chi connectivity index (χ0v) is 13.4. The number of nitrogens with one attached hydrogen (secondary N) is 1. The first kappa shape index (κ1) is 16.0. The second-order valence-electron chi connectivity index (χ2n) is 5.19. The van der Waals surface area contributed by atoms with E-state index in [2.05, 4.69) is 10.4 Å². The van der Waals surface area contributed by atoms with Gasteiger partial charge in [-0.3, -0.25) is 4.79 Å². The molecule has 2 aromatic rings. The third-order valence-corrected chi connectivity index (χ3v) is 3.48. The summed E-state index contributed by atoms with van der Waals surface area (Å²) in [4.78, 5) is 12.3. The van der Waals surface area contributed by atoms with E-state index in [1.165, 1.54) is 5.01 Å². The molecule has 3 rings (SSSR count). The molecule has 0 radical (unpaired) electrons. The summed E-state index contributed by atoms with van der Waals surface area (Å²) in [6.45, 7) is 1.16. The van der Waals surface area contributed by atoms with Gasteiger partial charge in [0.15, 0.2) is 6.61 Å². The molecule has 1 aliphatic heterocycles. The fourth-order valence-corrected chi connectivity index (χ4v) is 2.29. The van der Waals surface area contributed by atoms with Crippen molar-refractivity contribution in [3.63, 3.8) is 0 Å². The number of para-hydroxylation sites is 2. The number of hydrogen-bond acceptors (Lipinski definition) is 5. The number of carbonyl (C=O) groups excluding carboxylic acids is 1. The van der Waals surface area contributed by atoms with E-state index in [1.807, 2.05) is 61.6 Å². The largest absolute Gasteiger partial charge is 0.490 e. The maximum atomic E-state index is 12.3. The number of anilines is 1. The third kappa shape index (κ3) is 3.55. The van der Waals surface area contributed by atoms with Crippen LogP contribution in [0.25, 0.3) is 0 Å². The Morgan fingerprint density at radius 1 is 1.17 bits per heavy atom. The number of nitrogens with zero attached hydrogens (tertiary/aromatic N) is 2. The van der Waals surface area contributed by atoms with Gasteiger partial charge in [0.2, 0.25) is 5.90 Å². The lowest BCUT2D eigenvalue weighted by molar-refractivity contribution is -0.121. The summed E-state index contributed by atoms with van der Waals surface area (Å²) in [5.41, 5.74) is 1.43. The molecule has 0 bridgehead atoms. The molecule has 0 spiro atoms. The molecule has 1 amide bonds. The van der Waals surface area contributed by atoms with Crippen LogP contribution in [0, 0.1) is 0 Å². The fraction of sp³-hybridized carbons (Fsp3) is 0.222. The maximum Gasteiger partial charge on any atom is 0.285 e. The zero-order valence-electron chi connectivity index (χ0n) is 13.4. The molecule has 0 aromatic heterocycles.